The maximum atomic E-state index is 6.01. The first-order valence-electron chi connectivity index (χ1n) is 6.75. The van der Waals surface area contributed by atoms with Gasteiger partial charge in [0.05, 0.1) is 13.2 Å². The fourth-order valence-corrected chi connectivity index (χ4v) is 2.16. The maximum absolute atomic E-state index is 6.01. The predicted octanol–water partition coefficient (Wildman–Crippen LogP) is 2.19. The first kappa shape index (κ1) is 13.4. The molecular weight excluding hydrogens is 224 g/mol. The molecule has 0 bridgehead atoms. The van der Waals surface area contributed by atoms with E-state index in [-0.39, 0.29) is 5.54 Å². The zero-order valence-corrected chi connectivity index (χ0v) is 11.5. The molecule has 0 atom stereocenters. The van der Waals surface area contributed by atoms with Crippen LogP contribution in [0.25, 0.3) is 0 Å². The van der Waals surface area contributed by atoms with Crippen LogP contribution in [0.4, 0.5) is 5.69 Å². The number of aryl methyl sites for hydroxylation is 1. The Bertz CT molecular complexity index is 361. The fraction of sp³-hybridized carbons (Fsp3) is 0.600. The molecule has 1 aromatic carbocycles. The van der Waals surface area contributed by atoms with E-state index >= 15 is 0 Å². The van der Waals surface area contributed by atoms with Gasteiger partial charge in [-0.15, -0.1) is 0 Å². The first-order chi connectivity index (χ1) is 8.54. The van der Waals surface area contributed by atoms with Gasteiger partial charge in [0.2, 0.25) is 0 Å². The van der Waals surface area contributed by atoms with Crippen LogP contribution in [0, 0.1) is 0 Å². The van der Waals surface area contributed by atoms with Gasteiger partial charge in [-0.1, -0.05) is 12.1 Å². The Balaban J connectivity index is 1.92. The molecule has 0 amide bonds. The molecule has 1 aliphatic heterocycles. The summed E-state index contributed by atoms with van der Waals surface area (Å²) >= 11 is 0. The van der Waals surface area contributed by atoms with Crippen molar-refractivity contribution >= 4 is 5.69 Å². The molecule has 0 spiro atoms. The van der Waals surface area contributed by atoms with E-state index in [1.807, 2.05) is 0 Å². The van der Waals surface area contributed by atoms with Crippen LogP contribution in [0.5, 0.6) is 0 Å². The van der Waals surface area contributed by atoms with Gasteiger partial charge in [-0.3, -0.25) is 0 Å². The molecule has 0 aromatic heterocycles. The smallest absolute Gasteiger partial charge is 0.0642 e. The first-order valence-corrected chi connectivity index (χ1v) is 6.75. The topological polar surface area (TPSA) is 38.5 Å². The Kier molecular flexibility index (Phi) is 4.25. The fourth-order valence-electron chi connectivity index (χ4n) is 2.16. The van der Waals surface area contributed by atoms with E-state index in [0.717, 1.165) is 39.1 Å². The lowest BCUT2D eigenvalue weighted by molar-refractivity contribution is 0.122. The molecule has 18 heavy (non-hydrogen) atoms. The molecule has 1 aliphatic rings. The molecule has 100 valence electrons. The van der Waals surface area contributed by atoms with Crippen molar-refractivity contribution in [2.45, 2.75) is 32.2 Å². The van der Waals surface area contributed by atoms with Gasteiger partial charge >= 0.3 is 0 Å². The number of rotatable bonds is 4. The third-order valence-corrected chi connectivity index (χ3v) is 3.37. The minimum Gasteiger partial charge on any atom is -0.378 e. The zero-order valence-electron chi connectivity index (χ0n) is 11.5. The molecule has 1 heterocycles. The van der Waals surface area contributed by atoms with Crippen molar-refractivity contribution in [3.8, 4) is 0 Å². The predicted molar refractivity (Wildman–Crippen MR) is 76.1 cm³/mol. The van der Waals surface area contributed by atoms with Crippen LogP contribution in [0.3, 0.4) is 0 Å². The minimum absolute atomic E-state index is 0.0805. The van der Waals surface area contributed by atoms with Gasteiger partial charge in [0, 0.05) is 24.3 Å². The summed E-state index contributed by atoms with van der Waals surface area (Å²) in [5.74, 6) is 0. The summed E-state index contributed by atoms with van der Waals surface area (Å²) in [6, 6.07) is 8.86. The third kappa shape index (κ3) is 4.00. The van der Waals surface area contributed by atoms with Crippen molar-refractivity contribution in [3.63, 3.8) is 0 Å². The molecule has 0 aliphatic carbocycles. The van der Waals surface area contributed by atoms with Crippen LogP contribution in [-0.4, -0.2) is 31.8 Å². The van der Waals surface area contributed by atoms with Gasteiger partial charge in [0.25, 0.3) is 0 Å². The van der Waals surface area contributed by atoms with Crippen molar-refractivity contribution in [2.75, 3.05) is 31.2 Å². The van der Waals surface area contributed by atoms with E-state index in [4.69, 9.17) is 10.5 Å². The molecule has 3 heteroatoms. The number of ether oxygens (including phenoxy) is 1. The summed E-state index contributed by atoms with van der Waals surface area (Å²) in [6.45, 7) is 7.82. The Morgan fingerprint density at radius 1 is 1.17 bits per heavy atom. The lowest BCUT2D eigenvalue weighted by Crippen LogP contribution is -2.36. The van der Waals surface area contributed by atoms with E-state index in [9.17, 15) is 0 Å². The molecule has 2 N–H and O–H groups in total. The summed E-state index contributed by atoms with van der Waals surface area (Å²) in [5, 5.41) is 0. The summed E-state index contributed by atoms with van der Waals surface area (Å²) in [7, 11) is 0. The van der Waals surface area contributed by atoms with E-state index in [0.29, 0.717) is 0 Å². The highest BCUT2D eigenvalue weighted by Gasteiger charge is 2.12. The number of anilines is 1. The number of hydrogen-bond acceptors (Lipinski definition) is 3. The standard InChI is InChI=1S/C15H24N2O/c1-15(2,16)8-7-13-3-5-14(6-4-13)17-9-11-18-12-10-17/h3-6H,7-12,16H2,1-2H3. The van der Waals surface area contributed by atoms with Crippen LogP contribution in [0.1, 0.15) is 25.8 Å². The van der Waals surface area contributed by atoms with Gasteiger partial charge in [0.15, 0.2) is 0 Å². The van der Waals surface area contributed by atoms with Gasteiger partial charge in [0.1, 0.15) is 0 Å². The van der Waals surface area contributed by atoms with Gasteiger partial charge in [-0.2, -0.15) is 0 Å². The molecule has 1 aromatic rings. The van der Waals surface area contributed by atoms with Crippen LogP contribution in [0.2, 0.25) is 0 Å². The van der Waals surface area contributed by atoms with E-state index < -0.39 is 0 Å². The van der Waals surface area contributed by atoms with Crippen molar-refractivity contribution in [3.05, 3.63) is 29.8 Å². The average molecular weight is 248 g/mol. The summed E-state index contributed by atoms with van der Waals surface area (Å²) in [5.41, 5.74) is 8.59. The number of nitrogens with two attached hydrogens (primary N) is 1. The highest BCUT2D eigenvalue weighted by atomic mass is 16.5. The molecule has 0 unspecified atom stereocenters. The molecular formula is C15H24N2O. The van der Waals surface area contributed by atoms with E-state index in [1.54, 1.807) is 0 Å². The van der Waals surface area contributed by atoms with Crippen molar-refractivity contribution in [2.24, 2.45) is 5.73 Å². The van der Waals surface area contributed by atoms with E-state index in [2.05, 4.69) is 43.0 Å². The lowest BCUT2D eigenvalue weighted by atomic mass is 9.96. The number of benzene rings is 1. The highest BCUT2D eigenvalue weighted by Crippen LogP contribution is 2.18. The largest absolute Gasteiger partial charge is 0.378 e. The second kappa shape index (κ2) is 5.72. The summed E-state index contributed by atoms with van der Waals surface area (Å²) in [4.78, 5) is 2.38. The number of morpholine rings is 1. The van der Waals surface area contributed by atoms with E-state index in [1.165, 1.54) is 11.3 Å². The average Bonchev–Trinajstić information content (AvgIpc) is 2.37. The van der Waals surface area contributed by atoms with Crippen molar-refractivity contribution in [1.29, 1.82) is 0 Å². The quantitative estimate of drug-likeness (QED) is 0.887. The Morgan fingerprint density at radius 3 is 2.33 bits per heavy atom. The van der Waals surface area contributed by atoms with Gasteiger partial charge in [-0.25, -0.2) is 0 Å². The molecule has 1 fully saturated rings. The second-order valence-corrected chi connectivity index (χ2v) is 5.75. The number of hydrogen-bond donors (Lipinski definition) is 1. The zero-order chi connectivity index (χ0) is 13.0. The Hall–Kier alpha value is -1.06. The summed E-state index contributed by atoms with van der Waals surface area (Å²) < 4.78 is 5.37. The Morgan fingerprint density at radius 2 is 1.78 bits per heavy atom. The van der Waals surface area contributed by atoms with Gasteiger partial charge < -0.3 is 15.4 Å². The van der Waals surface area contributed by atoms with Crippen molar-refractivity contribution in [1.82, 2.24) is 0 Å². The Labute approximate surface area is 110 Å². The normalized spacial score (nSPS) is 16.9. The molecule has 0 saturated carbocycles. The van der Waals surface area contributed by atoms with Crippen molar-refractivity contribution < 1.29 is 4.74 Å². The summed E-state index contributed by atoms with van der Waals surface area (Å²) in [6.07, 6.45) is 2.07. The lowest BCUT2D eigenvalue weighted by Gasteiger charge is -2.29. The van der Waals surface area contributed by atoms with Crippen LogP contribution in [-0.2, 0) is 11.2 Å². The number of nitrogens with zero attached hydrogens (tertiary/aromatic N) is 1. The minimum atomic E-state index is -0.0805. The van der Waals surface area contributed by atoms with Crippen LogP contribution < -0.4 is 10.6 Å². The second-order valence-electron chi connectivity index (χ2n) is 5.75. The third-order valence-electron chi connectivity index (χ3n) is 3.37. The molecule has 2 rings (SSSR count). The molecule has 1 saturated heterocycles. The van der Waals surface area contributed by atoms with Gasteiger partial charge in [-0.05, 0) is 44.4 Å². The van der Waals surface area contributed by atoms with Crippen LogP contribution >= 0.6 is 0 Å². The SMILES string of the molecule is CC(C)(N)CCc1ccc(N2CCOCC2)cc1. The molecule has 3 nitrogen and oxygen atoms in total. The van der Waals surface area contributed by atoms with Crippen LogP contribution in [0.15, 0.2) is 24.3 Å². The maximum Gasteiger partial charge on any atom is 0.0642 e. The highest BCUT2D eigenvalue weighted by molar-refractivity contribution is 5.47. The monoisotopic (exact) mass is 248 g/mol. The molecule has 0 radical (unpaired) electrons.